The molecule has 9 heteroatoms. The molecule has 0 aliphatic carbocycles. The van der Waals surface area contributed by atoms with Crippen LogP contribution < -0.4 is 20.9 Å². The Morgan fingerprint density at radius 1 is 1.03 bits per heavy atom. The van der Waals surface area contributed by atoms with Gasteiger partial charge in [0.15, 0.2) is 0 Å². The van der Waals surface area contributed by atoms with Crippen molar-refractivity contribution in [2.24, 2.45) is 0 Å². The number of aromatic nitrogens is 1. The van der Waals surface area contributed by atoms with Crippen molar-refractivity contribution in [3.8, 4) is 0 Å². The summed E-state index contributed by atoms with van der Waals surface area (Å²) in [7, 11) is 0. The van der Waals surface area contributed by atoms with Crippen LogP contribution in [0, 0.1) is 0 Å². The average Bonchev–Trinajstić information content (AvgIpc) is 3.19. The maximum absolute atomic E-state index is 13.2. The van der Waals surface area contributed by atoms with Gasteiger partial charge in [-0.3, -0.25) is 14.4 Å². The Kier molecular flexibility index (Phi) is 6.96. The van der Waals surface area contributed by atoms with Crippen LogP contribution in [0.2, 0.25) is 0 Å². The summed E-state index contributed by atoms with van der Waals surface area (Å²) in [5.41, 5.74) is 4.09. The molecule has 9 nitrogen and oxygen atoms in total. The van der Waals surface area contributed by atoms with Crippen molar-refractivity contribution < 1.29 is 14.4 Å². The van der Waals surface area contributed by atoms with Gasteiger partial charge in [-0.2, -0.15) is 0 Å². The van der Waals surface area contributed by atoms with Crippen LogP contribution >= 0.6 is 0 Å². The first-order valence-electron chi connectivity index (χ1n) is 12.7. The first kappa shape index (κ1) is 24.6. The summed E-state index contributed by atoms with van der Waals surface area (Å²) >= 11 is 0. The highest BCUT2D eigenvalue weighted by molar-refractivity contribution is 6.08. The number of amides is 3. The van der Waals surface area contributed by atoms with E-state index in [0.717, 1.165) is 55.7 Å². The summed E-state index contributed by atoms with van der Waals surface area (Å²) in [5, 5.41) is 9.69. The number of carbonyl (C=O) groups excluding carboxylic acids is 3. The molecule has 0 atom stereocenters. The molecule has 192 valence electrons. The Bertz CT molecular complexity index is 1370. The predicted octanol–water partition coefficient (Wildman–Crippen LogP) is 3.29. The zero-order valence-corrected chi connectivity index (χ0v) is 21.0. The topological polar surface area (TPSA) is 98.7 Å². The van der Waals surface area contributed by atoms with E-state index in [2.05, 4.69) is 39.3 Å². The van der Waals surface area contributed by atoms with Crippen LogP contribution in [0.1, 0.15) is 34.2 Å². The lowest BCUT2D eigenvalue weighted by Crippen LogP contribution is -2.46. The maximum Gasteiger partial charge on any atom is 0.267 e. The van der Waals surface area contributed by atoms with Crippen LogP contribution in [-0.4, -0.2) is 66.5 Å². The van der Waals surface area contributed by atoms with E-state index in [0.29, 0.717) is 35.7 Å². The summed E-state index contributed by atoms with van der Waals surface area (Å²) in [4.78, 5) is 42.4. The minimum absolute atomic E-state index is 0.0926. The van der Waals surface area contributed by atoms with Crippen molar-refractivity contribution >= 4 is 45.7 Å². The molecule has 3 aromatic rings. The fourth-order valence-corrected chi connectivity index (χ4v) is 5.04. The molecule has 37 heavy (non-hydrogen) atoms. The first-order valence-corrected chi connectivity index (χ1v) is 12.7. The van der Waals surface area contributed by atoms with Crippen molar-refractivity contribution in [1.29, 1.82) is 0 Å². The van der Waals surface area contributed by atoms with E-state index >= 15 is 0 Å². The highest BCUT2D eigenvalue weighted by atomic mass is 16.2. The number of carbonyl (C=O) groups is 3. The molecule has 5 rings (SSSR count). The number of nitrogens with one attached hydrogen (secondary N) is 3. The quantitative estimate of drug-likeness (QED) is 0.451. The van der Waals surface area contributed by atoms with Gasteiger partial charge < -0.3 is 30.3 Å². The van der Waals surface area contributed by atoms with Crippen LogP contribution in [0.3, 0.4) is 0 Å². The van der Waals surface area contributed by atoms with E-state index in [4.69, 9.17) is 0 Å². The highest BCUT2D eigenvalue weighted by Crippen LogP contribution is 2.31. The number of hydrogen-bond acceptors (Lipinski definition) is 5. The lowest BCUT2D eigenvalue weighted by molar-refractivity contribution is -0.111. The molecule has 0 bridgehead atoms. The molecule has 2 aliphatic rings. The zero-order valence-electron chi connectivity index (χ0n) is 21.0. The fraction of sp³-hybridized carbons (Fsp3) is 0.321. The van der Waals surface area contributed by atoms with Gasteiger partial charge in [-0.1, -0.05) is 19.6 Å². The molecule has 1 aromatic heterocycles. The van der Waals surface area contributed by atoms with Crippen LogP contribution in [-0.2, 0) is 11.3 Å². The van der Waals surface area contributed by atoms with Crippen molar-refractivity contribution in [2.75, 3.05) is 54.8 Å². The Balaban J connectivity index is 1.39. The standard InChI is InChI=1S/C28H32N6O3/c1-3-26(35)31-22-18-21(8-9-23(22)33-14-12-32(4-2)13-15-33)30-27(36)20-7-6-19-16-25-28(37)29-10-5-11-34(25)24(19)17-20/h3,6-9,16-18H,1,4-5,10-15H2,2H3,(H,29,37)(H,30,36)(H,31,35). The number of nitrogens with zero attached hydrogens (tertiary/aromatic N) is 3. The molecular weight excluding hydrogens is 468 g/mol. The van der Waals surface area contributed by atoms with Gasteiger partial charge in [0.2, 0.25) is 5.91 Å². The third-order valence-electron chi connectivity index (χ3n) is 7.10. The molecule has 3 N–H and O–H groups in total. The number of piperazine rings is 1. The summed E-state index contributed by atoms with van der Waals surface area (Å²) in [5.74, 6) is -0.661. The van der Waals surface area contributed by atoms with Crippen LogP contribution in [0.5, 0.6) is 0 Å². The molecule has 1 saturated heterocycles. The molecule has 0 spiro atoms. The Morgan fingerprint density at radius 3 is 2.59 bits per heavy atom. The van der Waals surface area contributed by atoms with Crippen LogP contribution in [0.15, 0.2) is 55.1 Å². The van der Waals surface area contributed by atoms with E-state index in [9.17, 15) is 14.4 Å². The average molecular weight is 501 g/mol. The van der Waals surface area contributed by atoms with E-state index in [-0.39, 0.29) is 17.7 Å². The van der Waals surface area contributed by atoms with Gasteiger partial charge in [0.05, 0.1) is 11.4 Å². The normalized spacial score (nSPS) is 16.0. The Morgan fingerprint density at radius 2 is 1.84 bits per heavy atom. The fourth-order valence-electron chi connectivity index (χ4n) is 5.04. The third-order valence-corrected chi connectivity index (χ3v) is 7.10. The number of benzene rings is 2. The molecule has 0 radical (unpaired) electrons. The highest BCUT2D eigenvalue weighted by Gasteiger charge is 2.21. The lowest BCUT2D eigenvalue weighted by atomic mass is 10.1. The molecule has 2 aromatic carbocycles. The second kappa shape index (κ2) is 10.5. The number of likely N-dealkylation sites (N-methyl/N-ethyl adjacent to an activating group) is 1. The zero-order chi connectivity index (χ0) is 25.9. The van der Waals surface area contributed by atoms with Crippen molar-refractivity contribution in [1.82, 2.24) is 14.8 Å². The molecule has 3 amide bonds. The van der Waals surface area contributed by atoms with Gasteiger partial charge in [0.1, 0.15) is 5.69 Å². The Hall–Kier alpha value is -4.11. The number of aryl methyl sites for hydroxylation is 1. The second-order valence-corrected chi connectivity index (χ2v) is 9.37. The molecule has 0 saturated carbocycles. The van der Waals surface area contributed by atoms with Gasteiger partial charge >= 0.3 is 0 Å². The summed E-state index contributed by atoms with van der Waals surface area (Å²) in [6.07, 6.45) is 2.07. The SMILES string of the molecule is C=CC(=O)Nc1cc(NC(=O)c2ccc3cc4n(c3c2)CCCNC4=O)ccc1N1CCN(CC)CC1. The van der Waals surface area contributed by atoms with E-state index in [1.807, 2.05) is 34.9 Å². The smallest absolute Gasteiger partial charge is 0.267 e. The monoisotopic (exact) mass is 500 g/mol. The molecule has 3 heterocycles. The molecule has 2 aliphatic heterocycles. The van der Waals surface area contributed by atoms with Crippen LogP contribution in [0.4, 0.5) is 17.1 Å². The van der Waals surface area contributed by atoms with E-state index in [1.165, 1.54) is 6.08 Å². The van der Waals surface area contributed by atoms with Crippen LogP contribution in [0.25, 0.3) is 10.9 Å². The van der Waals surface area contributed by atoms with Gasteiger partial charge in [0, 0.05) is 61.4 Å². The minimum Gasteiger partial charge on any atom is -0.367 e. The number of hydrogen-bond donors (Lipinski definition) is 3. The summed E-state index contributed by atoms with van der Waals surface area (Å²) in [6.45, 7) is 11.7. The molecular formula is C28H32N6O3. The van der Waals surface area contributed by atoms with E-state index in [1.54, 1.807) is 12.1 Å². The van der Waals surface area contributed by atoms with Crippen molar-refractivity contribution in [3.05, 3.63) is 66.4 Å². The van der Waals surface area contributed by atoms with Crippen molar-refractivity contribution in [3.63, 3.8) is 0 Å². The summed E-state index contributed by atoms with van der Waals surface area (Å²) in [6, 6.07) is 12.9. The maximum atomic E-state index is 13.2. The molecule has 0 unspecified atom stereocenters. The lowest BCUT2D eigenvalue weighted by Gasteiger charge is -2.36. The minimum atomic E-state index is -0.305. The van der Waals surface area contributed by atoms with E-state index < -0.39 is 0 Å². The van der Waals surface area contributed by atoms with Gasteiger partial charge in [-0.15, -0.1) is 0 Å². The van der Waals surface area contributed by atoms with Gasteiger partial charge in [0.25, 0.3) is 11.8 Å². The second-order valence-electron chi connectivity index (χ2n) is 9.37. The van der Waals surface area contributed by atoms with Crippen molar-refractivity contribution in [2.45, 2.75) is 19.9 Å². The first-order chi connectivity index (χ1) is 18.0. The number of fused-ring (bicyclic) bond motifs is 3. The number of rotatable bonds is 6. The third kappa shape index (κ3) is 5.08. The summed E-state index contributed by atoms with van der Waals surface area (Å²) < 4.78 is 1.98. The largest absolute Gasteiger partial charge is 0.367 e. The van der Waals surface area contributed by atoms with Gasteiger partial charge in [-0.25, -0.2) is 0 Å². The Labute approximate surface area is 216 Å². The predicted molar refractivity (Wildman–Crippen MR) is 146 cm³/mol. The molecule has 1 fully saturated rings. The van der Waals surface area contributed by atoms with Gasteiger partial charge in [-0.05, 0) is 55.4 Å². The number of anilines is 3.